The minimum atomic E-state index is -0.341. The van der Waals surface area contributed by atoms with E-state index in [9.17, 15) is 9.59 Å². The van der Waals surface area contributed by atoms with Gasteiger partial charge in [0.25, 0.3) is 0 Å². The number of thioether (sulfide) groups is 1. The second kappa shape index (κ2) is 8.60. The van der Waals surface area contributed by atoms with E-state index in [1.807, 2.05) is 30.3 Å². The van der Waals surface area contributed by atoms with Gasteiger partial charge in [0.1, 0.15) is 0 Å². The molecule has 0 saturated heterocycles. The standard InChI is InChI=1S/C17H17ClN2O2S/c1-12(17(22)20-15-9-7-13(18)8-10-15)23-11-16(21)19-14-5-3-2-4-6-14/h2-10,12H,11H2,1H3,(H,19,21)(H,20,22)/t12-/m0/s1. The molecular formula is C17H17ClN2O2S. The molecule has 0 radical (unpaired) electrons. The van der Waals surface area contributed by atoms with Crippen molar-refractivity contribution in [3.8, 4) is 0 Å². The van der Waals surface area contributed by atoms with Crippen LogP contribution in [0.15, 0.2) is 54.6 Å². The maximum Gasteiger partial charge on any atom is 0.237 e. The van der Waals surface area contributed by atoms with Crippen LogP contribution in [0.5, 0.6) is 0 Å². The molecule has 0 spiro atoms. The van der Waals surface area contributed by atoms with Gasteiger partial charge in [-0.2, -0.15) is 0 Å². The number of rotatable bonds is 6. The molecule has 23 heavy (non-hydrogen) atoms. The number of halogens is 1. The first kappa shape index (κ1) is 17.4. The van der Waals surface area contributed by atoms with Crippen LogP contribution < -0.4 is 10.6 Å². The van der Waals surface area contributed by atoms with E-state index in [2.05, 4.69) is 10.6 Å². The highest BCUT2D eigenvalue weighted by atomic mass is 35.5. The summed E-state index contributed by atoms with van der Waals surface area (Å²) in [5, 5.41) is 5.85. The molecule has 0 aliphatic rings. The van der Waals surface area contributed by atoms with E-state index in [-0.39, 0.29) is 22.8 Å². The third-order valence-electron chi connectivity index (χ3n) is 3.00. The minimum absolute atomic E-state index is 0.132. The molecular weight excluding hydrogens is 332 g/mol. The smallest absolute Gasteiger partial charge is 0.237 e. The third-order valence-corrected chi connectivity index (χ3v) is 4.40. The van der Waals surface area contributed by atoms with Gasteiger partial charge in [-0.25, -0.2) is 0 Å². The Morgan fingerprint density at radius 1 is 1.00 bits per heavy atom. The summed E-state index contributed by atoms with van der Waals surface area (Å²) < 4.78 is 0. The van der Waals surface area contributed by atoms with Crippen LogP contribution in [-0.2, 0) is 9.59 Å². The fourth-order valence-corrected chi connectivity index (χ4v) is 2.58. The number of nitrogens with one attached hydrogen (secondary N) is 2. The van der Waals surface area contributed by atoms with Crippen molar-refractivity contribution in [1.82, 2.24) is 0 Å². The first-order valence-electron chi connectivity index (χ1n) is 7.07. The van der Waals surface area contributed by atoms with Crippen LogP contribution in [-0.4, -0.2) is 22.8 Å². The number of hydrogen-bond donors (Lipinski definition) is 2. The van der Waals surface area contributed by atoms with E-state index in [0.29, 0.717) is 10.7 Å². The van der Waals surface area contributed by atoms with E-state index in [1.165, 1.54) is 11.8 Å². The first-order valence-corrected chi connectivity index (χ1v) is 8.50. The predicted molar refractivity (Wildman–Crippen MR) is 97.1 cm³/mol. The second-order valence-electron chi connectivity index (χ2n) is 4.86. The molecule has 2 aromatic carbocycles. The molecule has 2 rings (SSSR count). The van der Waals surface area contributed by atoms with Crippen LogP contribution in [0.1, 0.15) is 6.92 Å². The zero-order chi connectivity index (χ0) is 16.7. The molecule has 0 saturated carbocycles. The lowest BCUT2D eigenvalue weighted by molar-refractivity contribution is -0.115. The zero-order valence-electron chi connectivity index (χ0n) is 12.6. The van der Waals surface area contributed by atoms with E-state index < -0.39 is 0 Å². The average molecular weight is 349 g/mol. The number of para-hydroxylation sites is 1. The highest BCUT2D eigenvalue weighted by Gasteiger charge is 2.15. The van der Waals surface area contributed by atoms with Gasteiger partial charge in [0.15, 0.2) is 0 Å². The van der Waals surface area contributed by atoms with Crippen LogP contribution in [0.2, 0.25) is 5.02 Å². The first-order chi connectivity index (χ1) is 11.0. The average Bonchev–Trinajstić information content (AvgIpc) is 2.55. The summed E-state index contributed by atoms with van der Waals surface area (Å²) in [6.45, 7) is 1.77. The summed E-state index contributed by atoms with van der Waals surface area (Å²) in [7, 11) is 0. The van der Waals surface area contributed by atoms with Crippen LogP contribution in [0.25, 0.3) is 0 Å². The molecule has 120 valence electrons. The fraction of sp³-hybridized carbons (Fsp3) is 0.176. The van der Waals surface area contributed by atoms with Gasteiger partial charge < -0.3 is 10.6 Å². The van der Waals surface area contributed by atoms with Gasteiger partial charge in [-0.05, 0) is 43.3 Å². The monoisotopic (exact) mass is 348 g/mol. The molecule has 0 aliphatic heterocycles. The molecule has 0 aromatic heterocycles. The summed E-state index contributed by atoms with van der Waals surface area (Å²) in [5.41, 5.74) is 1.43. The number of carbonyl (C=O) groups is 2. The Kier molecular flexibility index (Phi) is 6.50. The van der Waals surface area contributed by atoms with Crippen molar-refractivity contribution in [2.75, 3.05) is 16.4 Å². The molecule has 0 heterocycles. The Balaban J connectivity index is 1.77. The lowest BCUT2D eigenvalue weighted by Gasteiger charge is -2.12. The number of amides is 2. The van der Waals surface area contributed by atoms with Crippen LogP contribution in [0.3, 0.4) is 0 Å². The van der Waals surface area contributed by atoms with Crippen molar-refractivity contribution < 1.29 is 9.59 Å². The lowest BCUT2D eigenvalue weighted by atomic mass is 10.3. The van der Waals surface area contributed by atoms with Gasteiger partial charge in [0, 0.05) is 16.4 Å². The van der Waals surface area contributed by atoms with Crippen molar-refractivity contribution in [3.63, 3.8) is 0 Å². The fourth-order valence-electron chi connectivity index (χ4n) is 1.77. The van der Waals surface area contributed by atoms with Crippen LogP contribution in [0, 0.1) is 0 Å². The largest absolute Gasteiger partial charge is 0.325 e. The number of anilines is 2. The quantitative estimate of drug-likeness (QED) is 0.828. The Bertz CT molecular complexity index is 662. The highest BCUT2D eigenvalue weighted by molar-refractivity contribution is 8.01. The van der Waals surface area contributed by atoms with E-state index in [1.54, 1.807) is 31.2 Å². The van der Waals surface area contributed by atoms with Crippen LogP contribution >= 0.6 is 23.4 Å². The maximum atomic E-state index is 12.1. The van der Waals surface area contributed by atoms with Gasteiger partial charge >= 0.3 is 0 Å². The van der Waals surface area contributed by atoms with Gasteiger partial charge in [-0.15, -0.1) is 11.8 Å². The van der Waals surface area contributed by atoms with Gasteiger partial charge in [0.05, 0.1) is 11.0 Å². The Hall–Kier alpha value is -1.98. The third kappa shape index (κ3) is 5.96. The summed E-state index contributed by atoms with van der Waals surface area (Å²) in [5.74, 6) is -0.0680. The normalized spacial score (nSPS) is 11.6. The molecule has 6 heteroatoms. The molecule has 2 amide bonds. The van der Waals surface area contributed by atoms with Crippen molar-refractivity contribution >= 4 is 46.6 Å². The highest BCUT2D eigenvalue weighted by Crippen LogP contribution is 2.17. The topological polar surface area (TPSA) is 58.2 Å². The molecule has 0 fully saturated rings. The summed E-state index contributed by atoms with van der Waals surface area (Å²) >= 11 is 7.08. The molecule has 2 aromatic rings. The van der Waals surface area contributed by atoms with Gasteiger partial charge in [0.2, 0.25) is 11.8 Å². The molecule has 1 atom stereocenters. The SMILES string of the molecule is C[C@H](SCC(=O)Nc1ccccc1)C(=O)Nc1ccc(Cl)cc1. The second-order valence-corrected chi connectivity index (χ2v) is 6.63. The van der Waals surface area contributed by atoms with Gasteiger partial charge in [-0.1, -0.05) is 29.8 Å². The molecule has 2 N–H and O–H groups in total. The van der Waals surface area contributed by atoms with Crippen molar-refractivity contribution in [2.24, 2.45) is 0 Å². The number of carbonyl (C=O) groups excluding carboxylic acids is 2. The Morgan fingerprint density at radius 3 is 2.26 bits per heavy atom. The van der Waals surface area contributed by atoms with E-state index in [4.69, 9.17) is 11.6 Å². The molecule has 0 unspecified atom stereocenters. The molecule has 0 aliphatic carbocycles. The maximum absolute atomic E-state index is 12.1. The van der Waals surface area contributed by atoms with Gasteiger partial charge in [-0.3, -0.25) is 9.59 Å². The molecule has 0 bridgehead atoms. The zero-order valence-corrected chi connectivity index (χ0v) is 14.2. The van der Waals surface area contributed by atoms with Crippen molar-refractivity contribution in [1.29, 1.82) is 0 Å². The van der Waals surface area contributed by atoms with E-state index >= 15 is 0 Å². The number of hydrogen-bond acceptors (Lipinski definition) is 3. The number of benzene rings is 2. The predicted octanol–water partition coefficient (Wildman–Crippen LogP) is 4.04. The summed E-state index contributed by atoms with van der Waals surface area (Å²) in [6.07, 6.45) is 0. The molecule has 4 nitrogen and oxygen atoms in total. The van der Waals surface area contributed by atoms with E-state index in [0.717, 1.165) is 5.69 Å². The van der Waals surface area contributed by atoms with Crippen molar-refractivity contribution in [3.05, 3.63) is 59.6 Å². The van der Waals surface area contributed by atoms with Crippen molar-refractivity contribution in [2.45, 2.75) is 12.2 Å². The lowest BCUT2D eigenvalue weighted by Crippen LogP contribution is -2.25. The summed E-state index contributed by atoms with van der Waals surface area (Å²) in [6, 6.07) is 16.1. The summed E-state index contributed by atoms with van der Waals surface area (Å²) in [4.78, 5) is 23.9. The van der Waals surface area contributed by atoms with Crippen LogP contribution in [0.4, 0.5) is 11.4 Å². The Morgan fingerprint density at radius 2 is 1.61 bits per heavy atom. The minimum Gasteiger partial charge on any atom is -0.325 e. The Labute approximate surface area is 144 Å².